The standard InChI is InChI=1S/C28H41O9PSi/c1-7-39(8-2,9-3)37-23-24(36-38)27(35-28(25(23)32-6)14-10-11-15-28)33-19-13-12-18-21(30)20(17(5)29)26(31)34-22(18)16(19)4/h12-13,23-25,27,30H,7-11,14-15,38H2,1-6H3/t23-,24?,25?,27?/m0/s1. The first-order valence-electron chi connectivity index (χ1n) is 13.8. The summed E-state index contributed by atoms with van der Waals surface area (Å²) in [6.07, 6.45) is 1.50. The second-order valence-corrected chi connectivity index (χ2v) is 15.7. The molecule has 39 heavy (non-hydrogen) atoms. The van der Waals surface area contributed by atoms with Gasteiger partial charge in [0.25, 0.3) is 0 Å². The van der Waals surface area contributed by atoms with Crippen LogP contribution in [0.4, 0.5) is 0 Å². The number of rotatable bonds is 10. The zero-order valence-electron chi connectivity index (χ0n) is 23.7. The van der Waals surface area contributed by atoms with Crippen molar-refractivity contribution in [3.05, 3.63) is 33.7 Å². The normalized spacial score (nSPS) is 24.9. The Labute approximate surface area is 232 Å². The number of carbonyl (C=O) groups is 1. The molecule has 1 N–H and O–H groups in total. The monoisotopic (exact) mass is 580 g/mol. The fourth-order valence-electron chi connectivity index (χ4n) is 6.30. The third-order valence-electron chi connectivity index (χ3n) is 8.78. The van der Waals surface area contributed by atoms with Crippen molar-refractivity contribution >= 4 is 34.5 Å². The lowest BCUT2D eigenvalue weighted by Gasteiger charge is -2.52. The molecule has 216 valence electrons. The number of hydrogen-bond acceptors (Lipinski definition) is 9. The lowest BCUT2D eigenvalue weighted by molar-refractivity contribution is -0.305. The fourth-order valence-corrected chi connectivity index (χ4v) is 9.42. The molecule has 4 rings (SSSR count). The molecule has 0 bridgehead atoms. The van der Waals surface area contributed by atoms with E-state index in [0.29, 0.717) is 11.3 Å². The second kappa shape index (κ2) is 12.0. The molecule has 0 amide bonds. The van der Waals surface area contributed by atoms with Gasteiger partial charge in [0, 0.05) is 22.1 Å². The molecule has 1 aliphatic carbocycles. The number of hydrogen-bond donors (Lipinski definition) is 1. The van der Waals surface area contributed by atoms with Crippen molar-refractivity contribution in [1.82, 2.24) is 0 Å². The Hall–Kier alpha value is -1.81. The SMILES string of the molecule is CC[Si](CC)(CC)O[C@H]1C(OP)C(Oc2ccc3c(O)c(C(C)=O)c(=O)oc3c2C)OC2(CCCC2)C1OC. The van der Waals surface area contributed by atoms with E-state index in [1.165, 1.54) is 6.92 Å². The van der Waals surface area contributed by atoms with Crippen molar-refractivity contribution in [3.8, 4) is 11.5 Å². The Morgan fingerprint density at radius 3 is 2.33 bits per heavy atom. The van der Waals surface area contributed by atoms with Gasteiger partial charge in [0.2, 0.25) is 6.29 Å². The summed E-state index contributed by atoms with van der Waals surface area (Å²) in [6, 6.07) is 6.18. The van der Waals surface area contributed by atoms with Crippen LogP contribution in [0.15, 0.2) is 21.3 Å². The molecule has 1 saturated heterocycles. The molecule has 1 aliphatic heterocycles. The molecule has 2 aromatic rings. The Bertz CT molecular complexity index is 1240. The van der Waals surface area contributed by atoms with E-state index in [2.05, 4.69) is 30.2 Å². The molecule has 1 aromatic heterocycles. The number of ketones is 1. The zero-order valence-corrected chi connectivity index (χ0v) is 25.9. The third-order valence-corrected chi connectivity index (χ3v) is 13.7. The quantitative estimate of drug-likeness (QED) is 0.165. The number of fused-ring (bicyclic) bond motifs is 1. The molecule has 2 aliphatic rings. The number of aryl methyl sites for hydroxylation is 1. The van der Waals surface area contributed by atoms with Gasteiger partial charge in [-0.25, -0.2) is 4.79 Å². The topological polar surface area (TPSA) is 114 Å². The average molecular weight is 581 g/mol. The van der Waals surface area contributed by atoms with Crippen LogP contribution in [0.3, 0.4) is 0 Å². The summed E-state index contributed by atoms with van der Waals surface area (Å²) in [6.45, 7) is 9.51. The molecular weight excluding hydrogens is 539 g/mol. The largest absolute Gasteiger partial charge is 0.506 e. The van der Waals surface area contributed by atoms with Gasteiger partial charge in [0.1, 0.15) is 40.5 Å². The first kappa shape index (κ1) is 30.2. The minimum absolute atomic E-state index is 0.145. The number of benzene rings is 1. The number of Topliss-reactive ketones (excluding diaryl/α,β-unsaturated/α-hetero) is 1. The Kier molecular flexibility index (Phi) is 9.25. The van der Waals surface area contributed by atoms with Crippen LogP contribution in [0.2, 0.25) is 18.1 Å². The van der Waals surface area contributed by atoms with E-state index < -0.39 is 49.6 Å². The highest BCUT2D eigenvalue weighted by atomic mass is 31.0. The molecule has 5 atom stereocenters. The Balaban J connectivity index is 1.77. The third kappa shape index (κ3) is 5.32. The molecule has 1 saturated carbocycles. The Morgan fingerprint density at radius 1 is 1.15 bits per heavy atom. The van der Waals surface area contributed by atoms with Crippen molar-refractivity contribution in [3.63, 3.8) is 0 Å². The Morgan fingerprint density at radius 2 is 1.79 bits per heavy atom. The first-order valence-corrected chi connectivity index (χ1v) is 16.8. The van der Waals surface area contributed by atoms with Crippen molar-refractivity contribution < 1.29 is 37.5 Å². The average Bonchev–Trinajstić information content (AvgIpc) is 3.37. The summed E-state index contributed by atoms with van der Waals surface area (Å²) in [5, 5.41) is 10.9. The molecule has 0 radical (unpaired) electrons. The highest BCUT2D eigenvalue weighted by molar-refractivity contribution is 7.09. The predicted molar refractivity (Wildman–Crippen MR) is 153 cm³/mol. The molecule has 1 spiro atoms. The maximum absolute atomic E-state index is 12.5. The van der Waals surface area contributed by atoms with E-state index >= 15 is 0 Å². The van der Waals surface area contributed by atoms with E-state index in [9.17, 15) is 14.7 Å². The van der Waals surface area contributed by atoms with Crippen molar-refractivity contribution in [2.75, 3.05) is 7.11 Å². The van der Waals surface area contributed by atoms with Gasteiger partial charge in [0.15, 0.2) is 20.2 Å². The summed E-state index contributed by atoms with van der Waals surface area (Å²) >= 11 is 0. The van der Waals surface area contributed by atoms with E-state index in [0.717, 1.165) is 43.8 Å². The van der Waals surface area contributed by atoms with Crippen molar-refractivity contribution in [2.24, 2.45) is 0 Å². The van der Waals surface area contributed by atoms with E-state index in [1.807, 2.05) is 0 Å². The van der Waals surface area contributed by atoms with Gasteiger partial charge in [-0.3, -0.25) is 4.79 Å². The summed E-state index contributed by atoms with van der Waals surface area (Å²) in [4.78, 5) is 24.4. The summed E-state index contributed by atoms with van der Waals surface area (Å²) in [5.74, 6) is -0.557. The number of aromatic hydroxyl groups is 1. The minimum atomic E-state index is -2.07. The second-order valence-electron chi connectivity index (χ2n) is 10.7. The van der Waals surface area contributed by atoms with Crippen LogP contribution in [0.5, 0.6) is 11.5 Å². The summed E-state index contributed by atoms with van der Waals surface area (Å²) < 4.78 is 37.8. The zero-order chi connectivity index (χ0) is 28.5. The maximum Gasteiger partial charge on any atom is 0.351 e. The first-order chi connectivity index (χ1) is 18.6. The number of methoxy groups -OCH3 is 1. The molecule has 4 unspecified atom stereocenters. The van der Waals surface area contributed by atoms with E-state index in [4.69, 9.17) is 27.6 Å². The van der Waals surface area contributed by atoms with Crippen LogP contribution in [-0.4, -0.2) is 56.5 Å². The maximum atomic E-state index is 12.5. The van der Waals surface area contributed by atoms with Gasteiger partial charge in [-0.1, -0.05) is 33.6 Å². The van der Waals surface area contributed by atoms with Gasteiger partial charge in [0.05, 0.1) is 5.39 Å². The van der Waals surface area contributed by atoms with Gasteiger partial charge in [-0.05, 0) is 57.0 Å². The number of ether oxygens (including phenoxy) is 3. The molecule has 9 nitrogen and oxygen atoms in total. The van der Waals surface area contributed by atoms with E-state index in [-0.39, 0.29) is 22.6 Å². The van der Waals surface area contributed by atoms with Crippen LogP contribution in [0, 0.1) is 6.92 Å². The van der Waals surface area contributed by atoms with Crippen LogP contribution in [-0.2, 0) is 18.4 Å². The fraction of sp³-hybridized carbons (Fsp3) is 0.643. The van der Waals surface area contributed by atoms with Crippen molar-refractivity contribution in [2.45, 2.75) is 109 Å². The van der Waals surface area contributed by atoms with Gasteiger partial charge in [-0.15, -0.1) is 0 Å². The predicted octanol–water partition coefficient (Wildman–Crippen LogP) is 5.64. The molecule has 2 fully saturated rings. The van der Waals surface area contributed by atoms with Crippen LogP contribution in [0.25, 0.3) is 11.0 Å². The smallest absolute Gasteiger partial charge is 0.351 e. The van der Waals surface area contributed by atoms with Crippen molar-refractivity contribution in [1.29, 1.82) is 0 Å². The van der Waals surface area contributed by atoms with Gasteiger partial charge < -0.3 is 32.7 Å². The molecular formula is C28H41O9PSi. The van der Waals surface area contributed by atoms with Crippen LogP contribution < -0.4 is 10.4 Å². The molecule has 2 heterocycles. The minimum Gasteiger partial charge on any atom is -0.506 e. The molecule has 1 aromatic carbocycles. The highest BCUT2D eigenvalue weighted by Crippen LogP contribution is 2.47. The van der Waals surface area contributed by atoms with E-state index in [1.54, 1.807) is 26.2 Å². The van der Waals surface area contributed by atoms with Crippen LogP contribution >= 0.6 is 9.47 Å². The van der Waals surface area contributed by atoms with Gasteiger partial charge in [-0.2, -0.15) is 0 Å². The van der Waals surface area contributed by atoms with Gasteiger partial charge >= 0.3 is 5.63 Å². The summed E-state index contributed by atoms with van der Waals surface area (Å²) in [7, 11) is 1.97. The lowest BCUT2D eigenvalue weighted by atomic mass is 9.85. The highest BCUT2D eigenvalue weighted by Gasteiger charge is 2.59. The molecule has 11 heteroatoms. The summed E-state index contributed by atoms with van der Waals surface area (Å²) in [5.41, 5.74) is -1.20. The number of carbonyl (C=O) groups excluding carboxylic acids is 1. The van der Waals surface area contributed by atoms with Crippen LogP contribution in [0.1, 0.15) is 69.3 Å². The lowest BCUT2D eigenvalue weighted by Crippen LogP contribution is -2.67.